The fourth-order valence-corrected chi connectivity index (χ4v) is 3.77. The predicted octanol–water partition coefficient (Wildman–Crippen LogP) is 6.19. The molecule has 0 radical (unpaired) electrons. The van der Waals surface area contributed by atoms with Gasteiger partial charge in [-0.2, -0.15) is 10.2 Å². The summed E-state index contributed by atoms with van der Waals surface area (Å²) in [6.07, 6.45) is 0. The molecule has 172 valence electrons. The number of nitrogens with zero attached hydrogens (tertiary/aromatic N) is 5. The Bertz CT molecular complexity index is 1280. The van der Waals surface area contributed by atoms with Gasteiger partial charge in [-0.3, -0.25) is 4.79 Å². The van der Waals surface area contributed by atoms with Crippen LogP contribution in [0, 0.1) is 0 Å². The van der Waals surface area contributed by atoms with Crippen LogP contribution in [-0.2, 0) is 18.4 Å². The van der Waals surface area contributed by atoms with Crippen LogP contribution in [0.3, 0.4) is 0 Å². The number of rotatable bonds is 9. The van der Waals surface area contributed by atoms with Crippen LogP contribution in [0.5, 0.6) is 5.75 Å². The summed E-state index contributed by atoms with van der Waals surface area (Å²) >= 11 is 7.40. The summed E-state index contributed by atoms with van der Waals surface area (Å²) in [6.45, 7) is 0.216. The molecule has 0 atom stereocenters. The van der Waals surface area contributed by atoms with Crippen LogP contribution in [0.25, 0.3) is 0 Å². The second-order valence-electron chi connectivity index (χ2n) is 7.10. The molecule has 4 aromatic rings. The lowest BCUT2D eigenvalue weighted by Crippen LogP contribution is -2.14. The van der Waals surface area contributed by atoms with Crippen molar-refractivity contribution >= 4 is 46.3 Å². The van der Waals surface area contributed by atoms with Gasteiger partial charge in [0.2, 0.25) is 5.91 Å². The first-order valence-corrected chi connectivity index (χ1v) is 11.7. The van der Waals surface area contributed by atoms with Crippen molar-refractivity contribution in [1.82, 2.24) is 14.8 Å². The van der Waals surface area contributed by atoms with Gasteiger partial charge in [-0.1, -0.05) is 53.7 Å². The number of hydrogen-bond donors (Lipinski definition) is 1. The Kier molecular flexibility index (Phi) is 7.90. The fourth-order valence-electron chi connectivity index (χ4n) is 2.85. The maximum absolute atomic E-state index is 12.4. The van der Waals surface area contributed by atoms with Gasteiger partial charge in [0.1, 0.15) is 12.4 Å². The molecule has 3 aromatic carbocycles. The first-order chi connectivity index (χ1) is 16.6. The molecule has 1 aromatic heterocycles. The molecule has 0 unspecified atom stereocenters. The van der Waals surface area contributed by atoms with E-state index in [1.165, 1.54) is 11.8 Å². The van der Waals surface area contributed by atoms with E-state index in [9.17, 15) is 4.79 Å². The third-order valence-electron chi connectivity index (χ3n) is 4.64. The summed E-state index contributed by atoms with van der Waals surface area (Å²) in [5.74, 6) is 1.24. The normalized spacial score (nSPS) is 11.0. The highest BCUT2D eigenvalue weighted by atomic mass is 35.5. The van der Waals surface area contributed by atoms with Crippen LogP contribution >= 0.6 is 23.4 Å². The number of ether oxygens (including phenoxy) is 1. The molecule has 0 fully saturated rings. The first-order valence-electron chi connectivity index (χ1n) is 10.3. The minimum Gasteiger partial charge on any atom is -0.484 e. The second-order valence-corrected chi connectivity index (χ2v) is 8.45. The van der Waals surface area contributed by atoms with Crippen molar-refractivity contribution in [3.63, 3.8) is 0 Å². The van der Waals surface area contributed by atoms with Crippen LogP contribution in [0.1, 0.15) is 5.82 Å². The van der Waals surface area contributed by atoms with E-state index < -0.39 is 0 Å². The van der Waals surface area contributed by atoms with E-state index in [2.05, 4.69) is 25.7 Å². The van der Waals surface area contributed by atoms with Crippen molar-refractivity contribution < 1.29 is 9.53 Å². The first kappa shape index (κ1) is 23.5. The molecular formula is C24H21ClN6O2S. The molecule has 0 aliphatic carbocycles. The lowest BCUT2D eigenvalue weighted by molar-refractivity contribution is -0.113. The maximum Gasteiger partial charge on any atom is 0.234 e. The summed E-state index contributed by atoms with van der Waals surface area (Å²) in [4.78, 5) is 12.4. The number of thioether (sulfide) groups is 1. The monoisotopic (exact) mass is 492 g/mol. The summed E-state index contributed by atoms with van der Waals surface area (Å²) in [6, 6.07) is 23.9. The number of benzene rings is 3. The maximum atomic E-state index is 12.4. The van der Waals surface area contributed by atoms with Crippen LogP contribution < -0.4 is 10.1 Å². The Morgan fingerprint density at radius 2 is 1.65 bits per heavy atom. The number of amides is 1. The topological polar surface area (TPSA) is 93.8 Å². The van der Waals surface area contributed by atoms with Crippen molar-refractivity contribution in [2.75, 3.05) is 11.1 Å². The summed E-state index contributed by atoms with van der Waals surface area (Å²) in [5, 5.41) is 20.7. The molecule has 8 nitrogen and oxygen atoms in total. The van der Waals surface area contributed by atoms with Gasteiger partial charge in [-0.15, -0.1) is 10.2 Å². The van der Waals surface area contributed by atoms with Gasteiger partial charge in [0.25, 0.3) is 0 Å². The molecule has 34 heavy (non-hydrogen) atoms. The van der Waals surface area contributed by atoms with Crippen LogP contribution in [0.2, 0.25) is 5.02 Å². The van der Waals surface area contributed by atoms with Crippen molar-refractivity contribution in [1.29, 1.82) is 0 Å². The number of carbonyl (C=O) groups is 1. The van der Waals surface area contributed by atoms with Crippen molar-refractivity contribution in [3.8, 4) is 5.75 Å². The minimum absolute atomic E-state index is 0.152. The highest BCUT2D eigenvalue weighted by molar-refractivity contribution is 7.99. The van der Waals surface area contributed by atoms with E-state index in [0.29, 0.717) is 33.1 Å². The molecule has 1 heterocycles. The van der Waals surface area contributed by atoms with Crippen LogP contribution in [0.4, 0.5) is 17.1 Å². The molecule has 4 rings (SSSR count). The van der Waals surface area contributed by atoms with E-state index in [4.69, 9.17) is 16.3 Å². The average molecular weight is 493 g/mol. The summed E-state index contributed by atoms with van der Waals surface area (Å²) < 4.78 is 7.51. The fraction of sp³-hybridized carbons (Fsp3) is 0.125. The Hall–Kier alpha value is -3.69. The highest BCUT2D eigenvalue weighted by Gasteiger charge is 2.13. The quantitative estimate of drug-likeness (QED) is 0.222. The van der Waals surface area contributed by atoms with Gasteiger partial charge in [-0.25, -0.2) is 0 Å². The predicted molar refractivity (Wildman–Crippen MR) is 133 cm³/mol. The summed E-state index contributed by atoms with van der Waals surface area (Å²) in [5.41, 5.74) is 2.15. The molecule has 0 aliphatic rings. The lowest BCUT2D eigenvalue weighted by Gasteiger charge is -2.08. The standard InChI is InChI=1S/C24H21ClN6O2S/c1-31-22(15-33-21-10-6-5-9-20(21)25)29-30-24(31)34-16-23(32)26-17-11-13-19(14-12-17)28-27-18-7-3-2-4-8-18/h2-14H,15-16H2,1H3,(H,26,32). The van der Waals surface area contributed by atoms with Crippen molar-refractivity contribution in [2.45, 2.75) is 11.8 Å². The number of aromatic nitrogens is 3. The molecule has 0 saturated heterocycles. The number of carbonyl (C=O) groups excluding carboxylic acids is 1. The number of para-hydroxylation sites is 1. The Morgan fingerprint density at radius 3 is 2.38 bits per heavy atom. The zero-order chi connectivity index (χ0) is 23.8. The van der Waals surface area contributed by atoms with E-state index in [-0.39, 0.29) is 18.3 Å². The highest BCUT2D eigenvalue weighted by Crippen LogP contribution is 2.25. The van der Waals surface area contributed by atoms with E-state index in [1.54, 1.807) is 41.0 Å². The van der Waals surface area contributed by atoms with Gasteiger partial charge in [-0.05, 0) is 48.5 Å². The van der Waals surface area contributed by atoms with Gasteiger partial charge in [0.05, 0.1) is 22.2 Å². The average Bonchev–Trinajstić information content (AvgIpc) is 3.21. The molecular weight excluding hydrogens is 472 g/mol. The zero-order valence-electron chi connectivity index (χ0n) is 18.3. The smallest absolute Gasteiger partial charge is 0.234 e. The Labute approximate surface area is 206 Å². The minimum atomic E-state index is -0.152. The zero-order valence-corrected chi connectivity index (χ0v) is 19.8. The Balaban J connectivity index is 1.26. The molecule has 0 saturated carbocycles. The lowest BCUT2D eigenvalue weighted by atomic mass is 10.3. The van der Waals surface area contributed by atoms with Crippen molar-refractivity contribution in [2.24, 2.45) is 17.3 Å². The van der Waals surface area contributed by atoms with E-state index in [1.807, 2.05) is 49.5 Å². The molecule has 0 aliphatic heterocycles. The van der Waals surface area contributed by atoms with Crippen LogP contribution in [-0.4, -0.2) is 26.4 Å². The van der Waals surface area contributed by atoms with Gasteiger partial charge >= 0.3 is 0 Å². The second kappa shape index (κ2) is 11.4. The molecule has 0 spiro atoms. The number of anilines is 1. The van der Waals surface area contributed by atoms with E-state index in [0.717, 1.165) is 5.69 Å². The third-order valence-corrected chi connectivity index (χ3v) is 5.97. The van der Waals surface area contributed by atoms with Crippen molar-refractivity contribution in [3.05, 3.63) is 89.7 Å². The van der Waals surface area contributed by atoms with E-state index >= 15 is 0 Å². The molecule has 0 bridgehead atoms. The SMILES string of the molecule is Cn1c(COc2ccccc2Cl)nnc1SCC(=O)Nc1ccc(N=Nc2ccccc2)cc1. The molecule has 1 N–H and O–H groups in total. The largest absolute Gasteiger partial charge is 0.484 e. The summed E-state index contributed by atoms with van der Waals surface area (Å²) in [7, 11) is 1.83. The number of nitrogens with one attached hydrogen (secondary N) is 1. The number of hydrogen-bond acceptors (Lipinski definition) is 7. The van der Waals surface area contributed by atoms with Crippen LogP contribution in [0.15, 0.2) is 94.2 Å². The molecule has 10 heteroatoms. The molecule has 1 amide bonds. The number of halogens is 1. The van der Waals surface area contributed by atoms with Gasteiger partial charge in [0, 0.05) is 12.7 Å². The number of azo groups is 1. The third kappa shape index (κ3) is 6.43. The Morgan fingerprint density at radius 1 is 0.971 bits per heavy atom. The van der Waals surface area contributed by atoms with Gasteiger partial charge in [0.15, 0.2) is 11.0 Å². The van der Waals surface area contributed by atoms with Gasteiger partial charge < -0.3 is 14.6 Å².